The van der Waals surface area contributed by atoms with Gasteiger partial charge in [-0.15, -0.1) is 0 Å². The number of rotatable bonds is 9. The van der Waals surface area contributed by atoms with E-state index in [4.69, 9.17) is 10.2 Å². The summed E-state index contributed by atoms with van der Waals surface area (Å²) in [6.07, 6.45) is 4.72. The van der Waals surface area contributed by atoms with Crippen LogP contribution in [0.5, 0.6) is 0 Å². The highest BCUT2D eigenvalue weighted by Gasteiger charge is 2.10. The molecule has 0 radical (unpaired) electrons. The van der Waals surface area contributed by atoms with Gasteiger partial charge in [-0.05, 0) is 18.8 Å². The van der Waals surface area contributed by atoms with Crippen molar-refractivity contribution >= 4 is 11.9 Å². The Bertz CT molecular complexity index is 201. The van der Waals surface area contributed by atoms with Gasteiger partial charge in [0.2, 0.25) is 0 Å². The van der Waals surface area contributed by atoms with E-state index in [9.17, 15) is 9.59 Å². The Hall–Kier alpha value is -1.06. The standard InChI is InChI=1S/C11H20O4/c1-2-9(8-11(14)15)6-4-3-5-7-10(12)13/h9H,2-8H2,1H3,(H,12,13)(H,14,15). The van der Waals surface area contributed by atoms with E-state index in [1.165, 1.54) is 0 Å². The molecule has 0 saturated carbocycles. The maximum Gasteiger partial charge on any atom is 0.303 e. The molecule has 0 amide bonds. The third kappa shape index (κ3) is 9.25. The minimum Gasteiger partial charge on any atom is -0.481 e. The Morgan fingerprint density at radius 3 is 2.20 bits per heavy atom. The van der Waals surface area contributed by atoms with Crippen LogP contribution in [0.25, 0.3) is 0 Å². The van der Waals surface area contributed by atoms with Gasteiger partial charge in [0.15, 0.2) is 0 Å². The zero-order valence-electron chi connectivity index (χ0n) is 9.24. The van der Waals surface area contributed by atoms with Gasteiger partial charge in [0.05, 0.1) is 0 Å². The summed E-state index contributed by atoms with van der Waals surface area (Å²) in [4.78, 5) is 20.7. The minimum absolute atomic E-state index is 0.218. The second kappa shape index (κ2) is 8.26. The second-order valence-electron chi connectivity index (χ2n) is 3.87. The van der Waals surface area contributed by atoms with Crippen LogP contribution in [0, 0.1) is 5.92 Å². The number of carbonyl (C=O) groups is 2. The maximum atomic E-state index is 10.5. The van der Waals surface area contributed by atoms with Gasteiger partial charge in [0.1, 0.15) is 0 Å². The van der Waals surface area contributed by atoms with E-state index in [1.54, 1.807) is 0 Å². The number of carboxylic acid groups (broad SMARTS) is 2. The van der Waals surface area contributed by atoms with E-state index in [1.807, 2.05) is 6.92 Å². The van der Waals surface area contributed by atoms with Crippen molar-refractivity contribution in [3.63, 3.8) is 0 Å². The molecule has 0 saturated heterocycles. The molecule has 0 rings (SSSR count). The van der Waals surface area contributed by atoms with Gasteiger partial charge in [0, 0.05) is 12.8 Å². The average Bonchev–Trinajstić information content (AvgIpc) is 2.14. The van der Waals surface area contributed by atoms with Crippen molar-refractivity contribution in [3.05, 3.63) is 0 Å². The van der Waals surface area contributed by atoms with Gasteiger partial charge in [0.25, 0.3) is 0 Å². The first-order chi connectivity index (χ1) is 7.06. The largest absolute Gasteiger partial charge is 0.481 e. The first kappa shape index (κ1) is 13.9. The van der Waals surface area contributed by atoms with Gasteiger partial charge < -0.3 is 10.2 Å². The molecule has 0 aromatic heterocycles. The summed E-state index contributed by atoms with van der Waals surface area (Å²) in [7, 11) is 0. The first-order valence-corrected chi connectivity index (χ1v) is 5.49. The predicted octanol–water partition coefficient (Wildman–Crippen LogP) is 2.52. The van der Waals surface area contributed by atoms with Crippen LogP contribution in [0.4, 0.5) is 0 Å². The molecule has 0 aliphatic rings. The summed E-state index contributed by atoms with van der Waals surface area (Å²) in [5.41, 5.74) is 0. The zero-order valence-corrected chi connectivity index (χ0v) is 9.24. The molecule has 0 bridgehead atoms. The monoisotopic (exact) mass is 216 g/mol. The van der Waals surface area contributed by atoms with Crippen LogP contribution in [-0.4, -0.2) is 22.2 Å². The summed E-state index contributed by atoms with van der Waals surface area (Å²) in [6.45, 7) is 1.99. The van der Waals surface area contributed by atoms with E-state index in [0.717, 1.165) is 25.7 Å². The van der Waals surface area contributed by atoms with Crippen molar-refractivity contribution in [1.82, 2.24) is 0 Å². The number of aliphatic carboxylic acids is 2. The molecule has 88 valence electrons. The highest BCUT2D eigenvalue weighted by molar-refractivity contribution is 5.67. The van der Waals surface area contributed by atoms with Crippen LogP contribution in [0.15, 0.2) is 0 Å². The van der Waals surface area contributed by atoms with Gasteiger partial charge >= 0.3 is 11.9 Å². The lowest BCUT2D eigenvalue weighted by Crippen LogP contribution is -2.06. The molecule has 0 aromatic rings. The lowest BCUT2D eigenvalue weighted by Gasteiger charge is -2.11. The highest BCUT2D eigenvalue weighted by atomic mass is 16.4. The first-order valence-electron chi connectivity index (χ1n) is 5.49. The van der Waals surface area contributed by atoms with Crippen LogP contribution in [0.2, 0.25) is 0 Å². The summed E-state index contributed by atoms with van der Waals surface area (Å²) >= 11 is 0. The van der Waals surface area contributed by atoms with Gasteiger partial charge in [-0.3, -0.25) is 9.59 Å². The van der Waals surface area contributed by atoms with Crippen LogP contribution in [0.3, 0.4) is 0 Å². The van der Waals surface area contributed by atoms with Crippen LogP contribution >= 0.6 is 0 Å². The van der Waals surface area contributed by atoms with Crippen molar-refractivity contribution in [3.8, 4) is 0 Å². The van der Waals surface area contributed by atoms with Crippen molar-refractivity contribution in [1.29, 1.82) is 0 Å². The zero-order chi connectivity index (χ0) is 11.7. The molecule has 1 atom stereocenters. The fraction of sp³-hybridized carbons (Fsp3) is 0.818. The Kier molecular flexibility index (Phi) is 7.68. The van der Waals surface area contributed by atoms with Crippen molar-refractivity contribution < 1.29 is 19.8 Å². The minimum atomic E-state index is -0.757. The maximum absolute atomic E-state index is 10.5. The van der Waals surface area contributed by atoms with E-state index < -0.39 is 11.9 Å². The molecule has 15 heavy (non-hydrogen) atoms. The molecule has 2 N–H and O–H groups in total. The summed E-state index contributed by atoms with van der Waals surface area (Å²) in [5.74, 6) is -1.26. The molecule has 4 nitrogen and oxygen atoms in total. The lowest BCUT2D eigenvalue weighted by molar-refractivity contribution is -0.138. The van der Waals surface area contributed by atoms with Crippen molar-refractivity contribution in [2.45, 2.75) is 51.9 Å². The average molecular weight is 216 g/mol. The molecular weight excluding hydrogens is 196 g/mol. The number of hydrogen-bond donors (Lipinski definition) is 2. The Morgan fingerprint density at radius 1 is 1.07 bits per heavy atom. The van der Waals surface area contributed by atoms with Crippen LogP contribution in [-0.2, 0) is 9.59 Å². The third-order valence-corrected chi connectivity index (χ3v) is 2.54. The van der Waals surface area contributed by atoms with Crippen molar-refractivity contribution in [2.24, 2.45) is 5.92 Å². The SMILES string of the molecule is CCC(CCCCCC(=O)O)CC(=O)O. The predicted molar refractivity (Wildman–Crippen MR) is 56.8 cm³/mol. The van der Waals surface area contributed by atoms with Gasteiger partial charge in [-0.2, -0.15) is 0 Å². The Labute approximate surface area is 90.3 Å². The molecule has 0 spiro atoms. The fourth-order valence-electron chi connectivity index (χ4n) is 1.58. The fourth-order valence-corrected chi connectivity index (χ4v) is 1.58. The third-order valence-electron chi connectivity index (χ3n) is 2.54. The molecule has 0 aliphatic carbocycles. The molecule has 0 heterocycles. The quantitative estimate of drug-likeness (QED) is 0.581. The molecular formula is C11H20O4. The molecule has 4 heteroatoms. The lowest BCUT2D eigenvalue weighted by atomic mass is 9.95. The Balaban J connectivity index is 3.46. The number of unbranched alkanes of at least 4 members (excludes halogenated alkanes) is 2. The summed E-state index contributed by atoms with van der Waals surface area (Å²) in [6, 6.07) is 0. The van der Waals surface area contributed by atoms with Crippen LogP contribution in [0.1, 0.15) is 51.9 Å². The van der Waals surface area contributed by atoms with E-state index in [2.05, 4.69) is 0 Å². The summed E-state index contributed by atoms with van der Waals surface area (Å²) in [5, 5.41) is 17.0. The molecule has 0 aliphatic heterocycles. The molecule has 1 unspecified atom stereocenters. The van der Waals surface area contributed by atoms with E-state index >= 15 is 0 Å². The topological polar surface area (TPSA) is 74.6 Å². The van der Waals surface area contributed by atoms with E-state index in [0.29, 0.717) is 6.42 Å². The van der Waals surface area contributed by atoms with Crippen LogP contribution < -0.4 is 0 Å². The number of hydrogen-bond acceptors (Lipinski definition) is 2. The normalized spacial score (nSPS) is 12.3. The molecule has 0 aromatic carbocycles. The van der Waals surface area contributed by atoms with E-state index in [-0.39, 0.29) is 18.8 Å². The molecule has 0 fully saturated rings. The van der Waals surface area contributed by atoms with Crippen molar-refractivity contribution in [2.75, 3.05) is 0 Å². The number of carboxylic acids is 2. The summed E-state index contributed by atoms with van der Waals surface area (Å²) < 4.78 is 0. The second-order valence-corrected chi connectivity index (χ2v) is 3.87. The Morgan fingerprint density at radius 2 is 1.73 bits per heavy atom. The van der Waals surface area contributed by atoms with Gasteiger partial charge in [-0.1, -0.05) is 26.2 Å². The smallest absolute Gasteiger partial charge is 0.303 e. The highest BCUT2D eigenvalue weighted by Crippen LogP contribution is 2.17. The van der Waals surface area contributed by atoms with Gasteiger partial charge in [-0.25, -0.2) is 0 Å².